The molecule has 3 rings (SSSR count). The zero-order valence-electron chi connectivity index (χ0n) is 11.1. The van der Waals surface area contributed by atoms with Crippen molar-refractivity contribution in [1.82, 2.24) is 0 Å². The van der Waals surface area contributed by atoms with Crippen molar-refractivity contribution >= 4 is 44.3 Å². The van der Waals surface area contributed by atoms with Crippen LogP contribution in [0.3, 0.4) is 0 Å². The zero-order valence-corrected chi connectivity index (χ0v) is 13.5. The molecule has 0 aromatic heterocycles. The van der Waals surface area contributed by atoms with E-state index in [1.807, 2.05) is 30.3 Å². The molecule has 3 aromatic rings. The van der Waals surface area contributed by atoms with Crippen LogP contribution < -0.4 is 5.73 Å². The van der Waals surface area contributed by atoms with Gasteiger partial charge >= 0.3 is 0 Å². The Morgan fingerprint density at radius 1 is 0.952 bits per heavy atom. The van der Waals surface area contributed by atoms with Crippen LogP contribution in [0.4, 0.5) is 0 Å². The molecule has 0 spiro atoms. The van der Waals surface area contributed by atoms with E-state index in [-0.39, 0.29) is 5.84 Å². The first kappa shape index (κ1) is 14.2. The smallest absolute Gasteiger partial charge is 0.123 e. The molecular weight excluding hydrogens is 344 g/mol. The van der Waals surface area contributed by atoms with Crippen molar-refractivity contribution in [1.29, 1.82) is 5.41 Å². The molecule has 0 bridgehead atoms. The van der Waals surface area contributed by atoms with Crippen molar-refractivity contribution in [2.45, 2.75) is 9.79 Å². The summed E-state index contributed by atoms with van der Waals surface area (Å²) in [5.74, 6) is 0.0830. The van der Waals surface area contributed by atoms with E-state index in [2.05, 4.69) is 46.3 Å². The van der Waals surface area contributed by atoms with Gasteiger partial charge in [0.05, 0.1) is 0 Å². The lowest BCUT2D eigenvalue weighted by Gasteiger charge is -2.09. The van der Waals surface area contributed by atoms with Crippen molar-refractivity contribution in [3.63, 3.8) is 0 Å². The number of hydrogen-bond donors (Lipinski definition) is 2. The summed E-state index contributed by atoms with van der Waals surface area (Å²) < 4.78 is 0.926. The van der Waals surface area contributed by atoms with Gasteiger partial charge in [-0.3, -0.25) is 5.41 Å². The van der Waals surface area contributed by atoms with Crippen molar-refractivity contribution < 1.29 is 0 Å². The first-order chi connectivity index (χ1) is 10.1. The second-order valence-corrected chi connectivity index (χ2v) is 6.70. The lowest BCUT2D eigenvalue weighted by atomic mass is 10.1. The predicted molar refractivity (Wildman–Crippen MR) is 93.2 cm³/mol. The quantitative estimate of drug-likeness (QED) is 0.510. The molecule has 0 unspecified atom stereocenters. The minimum absolute atomic E-state index is 0.0830. The van der Waals surface area contributed by atoms with Crippen LogP contribution in [0.15, 0.2) is 74.9 Å². The van der Waals surface area contributed by atoms with Crippen LogP contribution in [0.2, 0.25) is 0 Å². The molecule has 0 aliphatic heterocycles. The van der Waals surface area contributed by atoms with Crippen LogP contribution >= 0.6 is 27.7 Å². The summed E-state index contributed by atoms with van der Waals surface area (Å²) in [6, 6.07) is 20.5. The largest absolute Gasteiger partial charge is 0.384 e. The number of nitrogens with two attached hydrogens (primary N) is 1. The van der Waals surface area contributed by atoms with Crippen LogP contribution in [0.25, 0.3) is 10.8 Å². The standard InChI is InChI=1S/C17H13BrN2S/c18-13-6-8-16(15(10-13)17(19)20)21-14-7-5-11-3-1-2-4-12(11)9-14/h1-10H,(H3,19,20). The summed E-state index contributed by atoms with van der Waals surface area (Å²) in [6.07, 6.45) is 0. The molecule has 0 atom stereocenters. The van der Waals surface area contributed by atoms with Crippen LogP contribution in [0.1, 0.15) is 5.56 Å². The predicted octanol–water partition coefficient (Wildman–Crippen LogP) is 5.04. The molecule has 3 aromatic carbocycles. The van der Waals surface area contributed by atoms with Crippen molar-refractivity contribution in [2.75, 3.05) is 0 Å². The van der Waals surface area contributed by atoms with Gasteiger partial charge in [-0.2, -0.15) is 0 Å². The number of fused-ring (bicyclic) bond motifs is 1. The highest BCUT2D eigenvalue weighted by molar-refractivity contribution is 9.10. The summed E-state index contributed by atoms with van der Waals surface area (Å²) >= 11 is 5.05. The number of hydrogen-bond acceptors (Lipinski definition) is 2. The van der Waals surface area contributed by atoms with Gasteiger partial charge in [0.25, 0.3) is 0 Å². The van der Waals surface area contributed by atoms with Crippen molar-refractivity contribution in [3.8, 4) is 0 Å². The molecule has 0 heterocycles. The van der Waals surface area contributed by atoms with E-state index in [1.165, 1.54) is 10.8 Å². The molecule has 0 saturated carbocycles. The maximum absolute atomic E-state index is 7.71. The van der Waals surface area contributed by atoms with E-state index in [1.54, 1.807) is 11.8 Å². The van der Waals surface area contributed by atoms with Gasteiger partial charge in [0.1, 0.15) is 5.84 Å². The Balaban J connectivity index is 2.00. The van der Waals surface area contributed by atoms with Crippen molar-refractivity contribution in [2.24, 2.45) is 5.73 Å². The molecule has 3 N–H and O–H groups in total. The average Bonchev–Trinajstić information content (AvgIpc) is 2.49. The lowest BCUT2D eigenvalue weighted by Crippen LogP contribution is -2.12. The Morgan fingerprint density at radius 3 is 2.48 bits per heavy atom. The van der Waals surface area contributed by atoms with Crippen LogP contribution in [-0.2, 0) is 0 Å². The fraction of sp³-hybridized carbons (Fsp3) is 0. The number of rotatable bonds is 3. The number of halogens is 1. The topological polar surface area (TPSA) is 49.9 Å². The number of nitrogen functional groups attached to an aromatic ring is 1. The van der Waals surface area contributed by atoms with Crippen LogP contribution in [-0.4, -0.2) is 5.84 Å². The molecule has 21 heavy (non-hydrogen) atoms. The molecule has 0 saturated heterocycles. The first-order valence-corrected chi connectivity index (χ1v) is 8.05. The SMILES string of the molecule is N=C(N)c1cc(Br)ccc1Sc1ccc2ccccc2c1. The van der Waals surface area contributed by atoms with Gasteiger partial charge in [0, 0.05) is 19.8 Å². The van der Waals surface area contributed by atoms with Crippen molar-refractivity contribution in [3.05, 3.63) is 70.7 Å². The van der Waals surface area contributed by atoms with Gasteiger partial charge in [0.2, 0.25) is 0 Å². The molecular formula is C17H13BrN2S. The van der Waals surface area contributed by atoms with Gasteiger partial charge in [-0.15, -0.1) is 0 Å². The van der Waals surface area contributed by atoms with E-state index in [9.17, 15) is 0 Å². The lowest BCUT2D eigenvalue weighted by molar-refractivity contribution is 1.32. The van der Waals surface area contributed by atoms with E-state index in [0.29, 0.717) is 0 Å². The van der Waals surface area contributed by atoms with Gasteiger partial charge in [-0.25, -0.2) is 0 Å². The number of benzene rings is 3. The van der Waals surface area contributed by atoms with Gasteiger partial charge in [0.15, 0.2) is 0 Å². The molecule has 0 aliphatic rings. The fourth-order valence-corrected chi connectivity index (χ4v) is 3.51. The summed E-state index contributed by atoms with van der Waals surface area (Å²) in [4.78, 5) is 2.12. The van der Waals surface area contributed by atoms with Gasteiger partial charge in [-0.05, 0) is 41.1 Å². The second-order valence-electron chi connectivity index (χ2n) is 4.67. The highest BCUT2D eigenvalue weighted by Gasteiger charge is 2.08. The maximum Gasteiger partial charge on any atom is 0.123 e. The summed E-state index contributed by atoms with van der Waals surface area (Å²) in [5.41, 5.74) is 6.43. The second kappa shape index (κ2) is 5.92. The molecule has 0 amide bonds. The Kier molecular flexibility index (Phi) is 3.99. The Bertz CT molecular complexity index is 830. The van der Waals surface area contributed by atoms with Gasteiger partial charge in [-0.1, -0.05) is 58.0 Å². The highest BCUT2D eigenvalue weighted by Crippen LogP contribution is 2.33. The van der Waals surface area contributed by atoms with Crippen LogP contribution in [0.5, 0.6) is 0 Å². The number of nitrogens with one attached hydrogen (secondary N) is 1. The molecule has 0 fully saturated rings. The minimum atomic E-state index is 0.0830. The molecule has 104 valence electrons. The third kappa shape index (κ3) is 3.12. The highest BCUT2D eigenvalue weighted by atomic mass is 79.9. The maximum atomic E-state index is 7.71. The molecule has 0 aliphatic carbocycles. The molecule has 2 nitrogen and oxygen atoms in total. The Labute approximate surface area is 136 Å². The van der Waals surface area contributed by atoms with E-state index >= 15 is 0 Å². The monoisotopic (exact) mass is 356 g/mol. The van der Waals surface area contributed by atoms with E-state index < -0.39 is 0 Å². The first-order valence-electron chi connectivity index (χ1n) is 6.44. The minimum Gasteiger partial charge on any atom is -0.384 e. The average molecular weight is 357 g/mol. The fourth-order valence-electron chi connectivity index (χ4n) is 2.16. The summed E-state index contributed by atoms with van der Waals surface area (Å²) in [6.45, 7) is 0. The molecule has 0 radical (unpaired) electrons. The van der Waals surface area contributed by atoms with E-state index in [0.717, 1.165) is 19.8 Å². The van der Waals surface area contributed by atoms with Crippen LogP contribution in [0, 0.1) is 5.41 Å². The summed E-state index contributed by atoms with van der Waals surface area (Å²) in [5, 5.41) is 10.2. The van der Waals surface area contributed by atoms with E-state index in [4.69, 9.17) is 11.1 Å². The van der Waals surface area contributed by atoms with Gasteiger partial charge < -0.3 is 5.73 Å². The third-order valence-corrected chi connectivity index (χ3v) is 4.74. The Hall–Kier alpha value is -1.78. The summed E-state index contributed by atoms with van der Waals surface area (Å²) in [7, 11) is 0. The zero-order chi connectivity index (χ0) is 14.8. The molecule has 4 heteroatoms. The Morgan fingerprint density at radius 2 is 1.71 bits per heavy atom. The third-order valence-electron chi connectivity index (χ3n) is 3.18. The normalized spacial score (nSPS) is 10.7. The number of amidine groups is 1.